The Balaban J connectivity index is 4.89. The number of ether oxygens (including phenoxy) is 1. The first kappa shape index (κ1) is 19.1. The third kappa shape index (κ3) is 8.78. The van der Waals surface area contributed by atoms with E-state index >= 15 is 0 Å². The molecule has 0 aliphatic carbocycles. The highest BCUT2D eigenvalue weighted by atomic mass is 16.5. The fraction of sp³-hybridized carbons (Fsp3) is 0.714. The number of likely N-dealkylation sites (N-methyl/N-ethyl adjacent to an activating group) is 1. The molecule has 120 valence electrons. The van der Waals surface area contributed by atoms with Gasteiger partial charge in [0.1, 0.15) is 6.54 Å². The smallest absolute Gasteiger partial charge is 0.325 e. The molecular weight excluding hydrogens is 274 g/mol. The molecule has 7 heteroatoms. The molecule has 0 aliphatic rings. The van der Waals surface area contributed by atoms with Crippen LogP contribution in [0.4, 0.5) is 0 Å². The van der Waals surface area contributed by atoms with Gasteiger partial charge in [0.2, 0.25) is 17.8 Å². The second-order valence-electron chi connectivity index (χ2n) is 4.54. The number of carbonyl (C=O) groups is 3. The molecule has 0 aliphatic heterocycles. The SMILES string of the molecule is CCCC(=O)N=C(NC(=O)CCC)N(C)CC(=O)OCC. The van der Waals surface area contributed by atoms with Gasteiger partial charge in [-0.2, -0.15) is 4.99 Å². The lowest BCUT2D eigenvalue weighted by atomic mass is 10.3. The zero-order valence-corrected chi connectivity index (χ0v) is 13.3. The number of carbonyl (C=O) groups excluding carboxylic acids is 3. The average Bonchev–Trinajstić information content (AvgIpc) is 2.38. The molecule has 0 aromatic rings. The maximum absolute atomic E-state index is 11.7. The first-order valence-electron chi connectivity index (χ1n) is 7.22. The van der Waals surface area contributed by atoms with Gasteiger partial charge < -0.3 is 9.64 Å². The Morgan fingerprint density at radius 3 is 2.24 bits per heavy atom. The fourth-order valence-corrected chi connectivity index (χ4v) is 1.49. The molecule has 0 fully saturated rings. The van der Waals surface area contributed by atoms with Crippen LogP contribution in [0.2, 0.25) is 0 Å². The first-order valence-corrected chi connectivity index (χ1v) is 7.22. The quantitative estimate of drug-likeness (QED) is 0.432. The summed E-state index contributed by atoms with van der Waals surface area (Å²) in [5.41, 5.74) is 0. The normalized spacial score (nSPS) is 11.0. The van der Waals surface area contributed by atoms with Crippen molar-refractivity contribution in [3.63, 3.8) is 0 Å². The molecule has 0 saturated heterocycles. The van der Waals surface area contributed by atoms with Crippen LogP contribution in [0.3, 0.4) is 0 Å². The van der Waals surface area contributed by atoms with Crippen LogP contribution in [0, 0.1) is 0 Å². The summed E-state index contributed by atoms with van der Waals surface area (Å²) >= 11 is 0. The zero-order chi connectivity index (χ0) is 16.3. The van der Waals surface area contributed by atoms with E-state index in [4.69, 9.17) is 4.74 Å². The molecule has 21 heavy (non-hydrogen) atoms. The second-order valence-corrected chi connectivity index (χ2v) is 4.54. The summed E-state index contributed by atoms with van der Waals surface area (Å²) < 4.78 is 4.83. The van der Waals surface area contributed by atoms with Crippen LogP contribution < -0.4 is 5.32 Å². The molecule has 0 aromatic heterocycles. The molecule has 0 saturated carbocycles. The van der Waals surface area contributed by atoms with E-state index in [0.717, 1.165) is 0 Å². The maximum atomic E-state index is 11.7. The first-order chi connectivity index (χ1) is 9.94. The average molecular weight is 299 g/mol. The number of guanidine groups is 1. The highest BCUT2D eigenvalue weighted by molar-refractivity contribution is 6.02. The Morgan fingerprint density at radius 1 is 1.10 bits per heavy atom. The number of hydrogen-bond acceptors (Lipinski definition) is 4. The van der Waals surface area contributed by atoms with Crippen LogP contribution in [-0.2, 0) is 19.1 Å². The Bertz CT molecular complexity index is 394. The predicted molar refractivity (Wildman–Crippen MR) is 79.7 cm³/mol. The summed E-state index contributed by atoms with van der Waals surface area (Å²) in [5, 5.41) is 2.56. The highest BCUT2D eigenvalue weighted by Crippen LogP contribution is 1.96. The van der Waals surface area contributed by atoms with Gasteiger partial charge in [-0.3, -0.25) is 19.7 Å². The van der Waals surface area contributed by atoms with Gasteiger partial charge in [-0.05, 0) is 19.8 Å². The molecule has 0 atom stereocenters. The molecule has 1 N–H and O–H groups in total. The minimum Gasteiger partial charge on any atom is -0.465 e. The van der Waals surface area contributed by atoms with Crippen molar-refractivity contribution < 1.29 is 19.1 Å². The summed E-state index contributed by atoms with van der Waals surface area (Å²) in [6.07, 6.45) is 1.97. The van der Waals surface area contributed by atoms with Gasteiger partial charge in [-0.1, -0.05) is 13.8 Å². The number of esters is 1. The Labute approximate surface area is 125 Å². The van der Waals surface area contributed by atoms with Crippen molar-refractivity contribution in [2.24, 2.45) is 4.99 Å². The standard InChI is InChI=1S/C14H25N3O4/c1-5-8-11(18)15-14(16-12(19)9-6-2)17(4)10-13(20)21-7-3/h5-10H2,1-4H3,(H,15,16,18,19). The Morgan fingerprint density at radius 2 is 1.71 bits per heavy atom. The molecule has 0 radical (unpaired) electrons. The number of nitrogens with zero attached hydrogens (tertiary/aromatic N) is 2. The van der Waals surface area contributed by atoms with Crippen molar-refractivity contribution in [2.75, 3.05) is 20.2 Å². The van der Waals surface area contributed by atoms with Gasteiger partial charge in [-0.15, -0.1) is 0 Å². The van der Waals surface area contributed by atoms with E-state index in [2.05, 4.69) is 10.3 Å². The van der Waals surface area contributed by atoms with Crippen LogP contribution in [0.25, 0.3) is 0 Å². The van der Waals surface area contributed by atoms with E-state index < -0.39 is 5.97 Å². The number of nitrogens with one attached hydrogen (secondary N) is 1. The molecule has 2 amide bonds. The molecular formula is C14H25N3O4. The predicted octanol–water partition coefficient (Wildman–Crippen LogP) is 1.08. The van der Waals surface area contributed by atoms with E-state index in [1.54, 1.807) is 14.0 Å². The molecule has 0 aromatic carbocycles. The van der Waals surface area contributed by atoms with Crippen molar-refractivity contribution >= 4 is 23.7 Å². The number of amides is 2. The van der Waals surface area contributed by atoms with E-state index in [-0.39, 0.29) is 30.9 Å². The van der Waals surface area contributed by atoms with E-state index in [1.165, 1.54) is 4.90 Å². The molecule has 0 rings (SSSR count). The number of aliphatic imine (C=N–C) groups is 1. The van der Waals surface area contributed by atoms with Crippen molar-refractivity contribution in [2.45, 2.75) is 46.5 Å². The minimum absolute atomic E-state index is 0.0833. The van der Waals surface area contributed by atoms with E-state index in [0.29, 0.717) is 25.7 Å². The van der Waals surface area contributed by atoms with Gasteiger partial charge in [0.25, 0.3) is 0 Å². The number of rotatable bonds is 7. The number of hydrogen-bond donors (Lipinski definition) is 1. The maximum Gasteiger partial charge on any atom is 0.325 e. The van der Waals surface area contributed by atoms with Crippen LogP contribution >= 0.6 is 0 Å². The lowest BCUT2D eigenvalue weighted by Crippen LogP contribution is -2.45. The molecule has 7 nitrogen and oxygen atoms in total. The van der Waals surface area contributed by atoms with E-state index in [9.17, 15) is 14.4 Å². The van der Waals surface area contributed by atoms with Crippen LogP contribution in [-0.4, -0.2) is 48.8 Å². The second kappa shape index (κ2) is 10.8. The van der Waals surface area contributed by atoms with Crippen molar-refractivity contribution in [3.05, 3.63) is 0 Å². The largest absolute Gasteiger partial charge is 0.465 e. The summed E-state index contributed by atoms with van der Waals surface area (Å²) in [5.74, 6) is -0.934. The van der Waals surface area contributed by atoms with Crippen LogP contribution in [0.1, 0.15) is 46.5 Å². The van der Waals surface area contributed by atoms with E-state index in [1.807, 2.05) is 13.8 Å². The van der Waals surface area contributed by atoms with Gasteiger partial charge >= 0.3 is 5.97 Å². The zero-order valence-electron chi connectivity index (χ0n) is 13.3. The molecule has 0 heterocycles. The van der Waals surface area contributed by atoms with Gasteiger partial charge in [0.15, 0.2) is 0 Å². The summed E-state index contributed by atoms with van der Waals surface area (Å²) in [7, 11) is 1.57. The van der Waals surface area contributed by atoms with Gasteiger partial charge in [-0.25, -0.2) is 0 Å². The topological polar surface area (TPSA) is 88.1 Å². The monoisotopic (exact) mass is 299 g/mol. The lowest BCUT2D eigenvalue weighted by Gasteiger charge is -2.20. The van der Waals surface area contributed by atoms with Crippen molar-refractivity contribution in [1.29, 1.82) is 0 Å². The Kier molecular flexibility index (Phi) is 9.83. The third-order valence-corrected chi connectivity index (χ3v) is 2.46. The summed E-state index contributed by atoms with van der Waals surface area (Å²) in [4.78, 5) is 40.0. The van der Waals surface area contributed by atoms with Gasteiger partial charge in [0.05, 0.1) is 6.61 Å². The van der Waals surface area contributed by atoms with Crippen molar-refractivity contribution in [1.82, 2.24) is 10.2 Å². The third-order valence-electron chi connectivity index (χ3n) is 2.46. The molecule has 0 spiro atoms. The molecule has 0 unspecified atom stereocenters. The highest BCUT2D eigenvalue weighted by Gasteiger charge is 2.15. The van der Waals surface area contributed by atoms with Gasteiger partial charge in [0, 0.05) is 19.9 Å². The minimum atomic E-state index is -0.444. The van der Waals surface area contributed by atoms with Crippen molar-refractivity contribution in [3.8, 4) is 0 Å². The Hall–Kier alpha value is -1.92. The van der Waals surface area contributed by atoms with Crippen LogP contribution in [0.5, 0.6) is 0 Å². The summed E-state index contributed by atoms with van der Waals surface area (Å²) in [6, 6.07) is 0. The molecule has 0 bridgehead atoms. The summed E-state index contributed by atoms with van der Waals surface area (Å²) in [6.45, 7) is 5.64. The fourth-order valence-electron chi connectivity index (χ4n) is 1.49. The van der Waals surface area contributed by atoms with Crippen LogP contribution in [0.15, 0.2) is 4.99 Å². The lowest BCUT2D eigenvalue weighted by molar-refractivity contribution is -0.143.